The van der Waals surface area contributed by atoms with E-state index in [-0.39, 0.29) is 18.9 Å². The van der Waals surface area contributed by atoms with Crippen molar-refractivity contribution in [2.24, 2.45) is 5.92 Å². The smallest absolute Gasteiger partial charge is 0.408 e. The summed E-state index contributed by atoms with van der Waals surface area (Å²) in [6.07, 6.45) is 2.38. The molecule has 6 heteroatoms. The number of amides is 1. The van der Waals surface area contributed by atoms with Gasteiger partial charge in [0, 0.05) is 0 Å². The Bertz CT molecular complexity index is 519. The molecule has 0 bridgehead atoms. The van der Waals surface area contributed by atoms with Gasteiger partial charge >= 0.3 is 12.1 Å². The quantitative estimate of drug-likeness (QED) is 0.747. The van der Waals surface area contributed by atoms with Gasteiger partial charge in [-0.2, -0.15) is 0 Å². The Balaban J connectivity index is 1.83. The molecule has 1 fully saturated rings. The third-order valence-electron chi connectivity index (χ3n) is 4.21. The van der Waals surface area contributed by atoms with Gasteiger partial charge in [-0.15, -0.1) is 0 Å². The molecule has 0 saturated heterocycles. The highest BCUT2D eigenvalue weighted by molar-refractivity contribution is 5.79. The lowest BCUT2D eigenvalue weighted by Crippen LogP contribution is -2.44. The number of benzene rings is 1. The Labute approximate surface area is 135 Å². The van der Waals surface area contributed by atoms with Gasteiger partial charge in [-0.25, -0.2) is 9.59 Å². The topological polar surface area (TPSA) is 95.9 Å². The Hall–Kier alpha value is -2.08. The van der Waals surface area contributed by atoms with Crippen LogP contribution in [0.2, 0.25) is 0 Å². The average Bonchev–Trinajstić information content (AvgIpc) is 2.55. The van der Waals surface area contributed by atoms with Crippen LogP contribution in [0.5, 0.6) is 0 Å². The van der Waals surface area contributed by atoms with Crippen LogP contribution in [0.25, 0.3) is 0 Å². The van der Waals surface area contributed by atoms with Gasteiger partial charge in [-0.1, -0.05) is 43.2 Å². The number of carboxylic acid groups (broad SMARTS) is 1. The molecule has 1 aliphatic carbocycles. The molecule has 3 unspecified atom stereocenters. The van der Waals surface area contributed by atoms with E-state index in [1.165, 1.54) is 0 Å². The van der Waals surface area contributed by atoms with E-state index in [2.05, 4.69) is 5.32 Å². The van der Waals surface area contributed by atoms with E-state index in [1.807, 2.05) is 30.3 Å². The van der Waals surface area contributed by atoms with Crippen LogP contribution in [-0.4, -0.2) is 34.4 Å². The van der Waals surface area contributed by atoms with Crippen LogP contribution in [0, 0.1) is 5.92 Å². The van der Waals surface area contributed by atoms with Crippen LogP contribution in [0.1, 0.15) is 37.7 Å². The van der Waals surface area contributed by atoms with Crippen molar-refractivity contribution in [2.45, 2.75) is 50.9 Å². The monoisotopic (exact) mass is 321 g/mol. The number of carbonyl (C=O) groups excluding carboxylic acids is 1. The van der Waals surface area contributed by atoms with E-state index in [0.717, 1.165) is 24.8 Å². The highest BCUT2D eigenvalue weighted by Crippen LogP contribution is 2.28. The van der Waals surface area contributed by atoms with Gasteiger partial charge in [0.05, 0.1) is 6.10 Å². The lowest BCUT2D eigenvalue weighted by Gasteiger charge is -2.29. The van der Waals surface area contributed by atoms with Gasteiger partial charge in [0.2, 0.25) is 0 Å². The van der Waals surface area contributed by atoms with Crippen LogP contribution in [-0.2, 0) is 16.1 Å². The number of carbonyl (C=O) groups is 2. The first-order valence-corrected chi connectivity index (χ1v) is 7.94. The van der Waals surface area contributed by atoms with E-state index in [4.69, 9.17) is 4.74 Å². The zero-order valence-corrected chi connectivity index (χ0v) is 13.0. The van der Waals surface area contributed by atoms with Crippen LogP contribution < -0.4 is 5.32 Å². The summed E-state index contributed by atoms with van der Waals surface area (Å²) in [6, 6.07) is 8.12. The minimum absolute atomic E-state index is 0.0884. The van der Waals surface area contributed by atoms with Crippen molar-refractivity contribution < 1.29 is 24.5 Å². The molecule has 1 aromatic rings. The fourth-order valence-electron chi connectivity index (χ4n) is 2.89. The molecule has 1 aromatic carbocycles. The van der Waals surface area contributed by atoms with Crippen molar-refractivity contribution in [1.82, 2.24) is 5.32 Å². The first-order chi connectivity index (χ1) is 11.1. The zero-order chi connectivity index (χ0) is 16.7. The Morgan fingerprint density at radius 3 is 2.57 bits per heavy atom. The maximum Gasteiger partial charge on any atom is 0.408 e. The van der Waals surface area contributed by atoms with Crippen molar-refractivity contribution in [3.8, 4) is 0 Å². The Morgan fingerprint density at radius 2 is 1.91 bits per heavy atom. The van der Waals surface area contributed by atoms with Gasteiger partial charge in [-0.3, -0.25) is 0 Å². The van der Waals surface area contributed by atoms with Crippen molar-refractivity contribution >= 4 is 12.1 Å². The normalized spacial score (nSPS) is 22.1. The molecule has 23 heavy (non-hydrogen) atoms. The number of aliphatic carboxylic acids is 1. The molecule has 126 valence electrons. The predicted molar refractivity (Wildman–Crippen MR) is 83.8 cm³/mol. The van der Waals surface area contributed by atoms with E-state index in [0.29, 0.717) is 6.42 Å². The van der Waals surface area contributed by atoms with E-state index in [1.54, 1.807) is 0 Å². The lowest BCUT2D eigenvalue weighted by molar-refractivity contribution is -0.140. The summed E-state index contributed by atoms with van der Waals surface area (Å²) < 4.78 is 5.05. The summed E-state index contributed by atoms with van der Waals surface area (Å²) in [6.45, 7) is 0.0884. The largest absolute Gasteiger partial charge is 0.480 e. The molecule has 6 nitrogen and oxygen atoms in total. The number of aliphatic hydroxyl groups excluding tert-OH is 1. The van der Waals surface area contributed by atoms with Gasteiger partial charge in [0.25, 0.3) is 0 Å². The van der Waals surface area contributed by atoms with Crippen LogP contribution in [0.15, 0.2) is 30.3 Å². The average molecular weight is 321 g/mol. The number of alkyl carbamates (subject to hydrolysis) is 1. The Morgan fingerprint density at radius 1 is 1.22 bits per heavy atom. The van der Waals surface area contributed by atoms with Gasteiger partial charge in [-0.05, 0) is 30.7 Å². The van der Waals surface area contributed by atoms with E-state index in [9.17, 15) is 19.8 Å². The fourth-order valence-corrected chi connectivity index (χ4v) is 2.89. The van der Waals surface area contributed by atoms with E-state index < -0.39 is 24.2 Å². The van der Waals surface area contributed by atoms with Crippen molar-refractivity contribution in [3.63, 3.8) is 0 Å². The third kappa shape index (κ3) is 5.56. The second-order valence-electron chi connectivity index (χ2n) is 5.94. The molecule has 3 atom stereocenters. The third-order valence-corrected chi connectivity index (χ3v) is 4.21. The molecule has 0 radical (unpaired) electrons. The molecule has 3 N–H and O–H groups in total. The minimum atomic E-state index is -1.11. The summed E-state index contributed by atoms with van der Waals surface area (Å²) in [5.74, 6) is -1.21. The molecule has 0 aromatic heterocycles. The van der Waals surface area contributed by atoms with Gasteiger partial charge in [0.15, 0.2) is 0 Å². The number of carboxylic acids is 1. The number of rotatable bonds is 6. The summed E-state index contributed by atoms with van der Waals surface area (Å²) in [5.41, 5.74) is 0.831. The molecule has 0 spiro atoms. The highest BCUT2D eigenvalue weighted by Gasteiger charge is 2.30. The standard InChI is InChI=1S/C17H23NO5/c19-15-9-5-4-8-13(15)10-14(16(20)21)18-17(22)23-11-12-6-2-1-3-7-12/h1-3,6-7,13-15,19H,4-5,8-11H2,(H,18,22)(H,20,21). The molecular formula is C17H23NO5. The maximum atomic E-state index is 11.8. The first-order valence-electron chi connectivity index (χ1n) is 7.94. The maximum absolute atomic E-state index is 11.8. The second-order valence-corrected chi connectivity index (χ2v) is 5.94. The molecule has 0 heterocycles. The summed E-state index contributed by atoms with van der Waals surface area (Å²) in [4.78, 5) is 23.1. The van der Waals surface area contributed by atoms with Crippen LogP contribution in [0.3, 0.4) is 0 Å². The summed E-state index contributed by atoms with van der Waals surface area (Å²) in [7, 11) is 0. The van der Waals surface area contributed by atoms with Gasteiger partial charge < -0.3 is 20.3 Å². The fraction of sp³-hybridized carbons (Fsp3) is 0.529. The van der Waals surface area contributed by atoms with E-state index >= 15 is 0 Å². The summed E-state index contributed by atoms with van der Waals surface area (Å²) >= 11 is 0. The first kappa shape index (κ1) is 17.3. The van der Waals surface area contributed by atoms with Crippen molar-refractivity contribution in [2.75, 3.05) is 0 Å². The molecule has 2 rings (SSSR count). The molecule has 1 aliphatic rings. The van der Waals surface area contributed by atoms with Crippen LogP contribution in [0.4, 0.5) is 4.79 Å². The molecular weight excluding hydrogens is 298 g/mol. The minimum Gasteiger partial charge on any atom is -0.480 e. The zero-order valence-electron chi connectivity index (χ0n) is 13.0. The van der Waals surface area contributed by atoms with Crippen molar-refractivity contribution in [1.29, 1.82) is 0 Å². The SMILES string of the molecule is O=C(NC(CC1CCCCC1O)C(=O)O)OCc1ccccc1. The second kappa shape index (κ2) is 8.53. The van der Waals surface area contributed by atoms with Crippen molar-refractivity contribution in [3.05, 3.63) is 35.9 Å². The number of hydrogen-bond acceptors (Lipinski definition) is 4. The molecule has 1 saturated carbocycles. The highest BCUT2D eigenvalue weighted by atomic mass is 16.5. The van der Waals surface area contributed by atoms with Crippen LogP contribution >= 0.6 is 0 Å². The number of ether oxygens (including phenoxy) is 1. The number of aliphatic hydroxyl groups is 1. The lowest BCUT2D eigenvalue weighted by atomic mass is 9.82. The predicted octanol–water partition coefficient (Wildman–Crippen LogP) is 2.31. The summed E-state index contributed by atoms with van der Waals surface area (Å²) in [5, 5.41) is 21.6. The number of hydrogen-bond donors (Lipinski definition) is 3. The van der Waals surface area contributed by atoms with Gasteiger partial charge in [0.1, 0.15) is 12.6 Å². The molecule has 1 amide bonds. The Kier molecular flexibility index (Phi) is 6.40. The molecule has 0 aliphatic heterocycles. The number of nitrogens with one attached hydrogen (secondary N) is 1.